The number of carbonyl (C=O) groups is 1. The van der Waals surface area contributed by atoms with Crippen LogP contribution in [0.1, 0.15) is 39.2 Å². The van der Waals surface area contributed by atoms with Crippen molar-refractivity contribution in [2.75, 3.05) is 25.0 Å². The number of nitrogens with zero attached hydrogens (tertiary/aromatic N) is 1. The Morgan fingerprint density at radius 2 is 1.66 bits per heavy atom. The first-order chi connectivity index (χ1) is 13.7. The lowest BCUT2D eigenvalue weighted by atomic mass is 9.86. The topological polar surface area (TPSA) is 75.7 Å². The van der Waals surface area contributed by atoms with Crippen LogP contribution in [-0.2, 0) is 20.2 Å². The highest BCUT2D eigenvalue weighted by Crippen LogP contribution is 2.31. The summed E-state index contributed by atoms with van der Waals surface area (Å²) in [5.41, 5.74) is 1.47. The molecule has 1 amide bonds. The monoisotopic (exact) mass is 416 g/mol. The van der Waals surface area contributed by atoms with E-state index in [1.807, 2.05) is 24.3 Å². The smallest absolute Gasteiger partial charge is 0.262 e. The molecular weight excluding hydrogens is 388 g/mol. The van der Waals surface area contributed by atoms with E-state index in [9.17, 15) is 13.2 Å². The number of nitrogens with one attached hydrogen (secondary N) is 1. The van der Waals surface area contributed by atoms with Crippen LogP contribution in [0.4, 0.5) is 5.69 Å². The summed E-state index contributed by atoms with van der Waals surface area (Å²) in [5, 5.41) is 2.75. The van der Waals surface area contributed by atoms with Crippen LogP contribution in [0.15, 0.2) is 53.4 Å². The molecule has 0 aliphatic carbocycles. The maximum atomic E-state index is 12.6. The first-order valence-corrected chi connectivity index (χ1v) is 11.2. The van der Waals surface area contributed by atoms with Crippen molar-refractivity contribution in [3.63, 3.8) is 0 Å². The van der Waals surface area contributed by atoms with Gasteiger partial charge in [-0.25, -0.2) is 8.42 Å². The Labute approximate surface area is 172 Å². The molecule has 0 bridgehead atoms. The van der Waals surface area contributed by atoms with Crippen molar-refractivity contribution in [3.8, 4) is 5.75 Å². The molecule has 1 fully saturated rings. The molecule has 1 saturated heterocycles. The van der Waals surface area contributed by atoms with E-state index >= 15 is 0 Å². The SMILES string of the molecule is CC(C)(C)c1ccccc1OCC(=O)Nc1ccc(S(=O)(=O)N2CCCC2)cc1. The van der Waals surface area contributed by atoms with Gasteiger partial charge in [-0.3, -0.25) is 4.79 Å². The van der Waals surface area contributed by atoms with Gasteiger partial charge in [0.1, 0.15) is 5.75 Å². The van der Waals surface area contributed by atoms with E-state index in [0.29, 0.717) is 24.5 Å². The average molecular weight is 417 g/mol. The van der Waals surface area contributed by atoms with E-state index in [1.54, 1.807) is 12.1 Å². The Kier molecular flexibility index (Phi) is 6.29. The maximum Gasteiger partial charge on any atom is 0.262 e. The summed E-state index contributed by atoms with van der Waals surface area (Å²) in [5.74, 6) is 0.381. The van der Waals surface area contributed by atoms with Crippen LogP contribution in [0.2, 0.25) is 0 Å². The molecule has 0 aromatic heterocycles. The number of rotatable bonds is 6. The van der Waals surface area contributed by atoms with Gasteiger partial charge in [0.2, 0.25) is 10.0 Å². The summed E-state index contributed by atoms with van der Waals surface area (Å²) >= 11 is 0. The number of hydrogen-bond acceptors (Lipinski definition) is 4. The van der Waals surface area contributed by atoms with Gasteiger partial charge in [0.25, 0.3) is 5.91 Å². The molecule has 1 heterocycles. The standard InChI is InChI=1S/C22H28N2O4S/c1-22(2,3)19-8-4-5-9-20(19)28-16-21(25)23-17-10-12-18(13-11-17)29(26,27)24-14-6-7-15-24/h4-5,8-13H,6-7,14-16H2,1-3H3,(H,23,25). The summed E-state index contributed by atoms with van der Waals surface area (Å²) in [6, 6.07) is 13.9. The molecule has 3 rings (SSSR count). The van der Waals surface area contributed by atoms with Crippen LogP contribution in [0.3, 0.4) is 0 Å². The molecule has 1 aliphatic rings. The molecule has 0 atom stereocenters. The third kappa shape index (κ3) is 5.16. The molecule has 29 heavy (non-hydrogen) atoms. The second-order valence-electron chi connectivity index (χ2n) is 8.22. The highest BCUT2D eigenvalue weighted by atomic mass is 32.2. The predicted molar refractivity (Wildman–Crippen MR) is 114 cm³/mol. The Morgan fingerprint density at radius 3 is 2.28 bits per heavy atom. The summed E-state index contributed by atoms with van der Waals surface area (Å²) < 4.78 is 32.3. The third-order valence-corrected chi connectivity index (χ3v) is 6.81. The van der Waals surface area contributed by atoms with Crippen molar-refractivity contribution in [1.29, 1.82) is 0 Å². The minimum Gasteiger partial charge on any atom is -0.483 e. The van der Waals surface area contributed by atoms with E-state index in [-0.39, 0.29) is 22.8 Å². The number of para-hydroxylation sites is 1. The molecule has 2 aromatic carbocycles. The van der Waals surface area contributed by atoms with E-state index in [0.717, 1.165) is 18.4 Å². The molecule has 1 N–H and O–H groups in total. The van der Waals surface area contributed by atoms with Gasteiger partial charge in [-0.05, 0) is 54.2 Å². The van der Waals surface area contributed by atoms with Crippen molar-refractivity contribution in [2.45, 2.75) is 43.9 Å². The minimum atomic E-state index is -3.45. The lowest BCUT2D eigenvalue weighted by Crippen LogP contribution is -2.27. The van der Waals surface area contributed by atoms with Crippen molar-refractivity contribution in [2.24, 2.45) is 0 Å². The van der Waals surface area contributed by atoms with Crippen LogP contribution < -0.4 is 10.1 Å². The van der Waals surface area contributed by atoms with Gasteiger partial charge >= 0.3 is 0 Å². The largest absolute Gasteiger partial charge is 0.483 e. The lowest BCUT2D eigenvalue weighted by Gasteiger charge is -2.22. The zero-order chi connectivity index (χ0) is 21.1. The average Bonchev–Trinajstić information content (AvgIpc) is 3.22. The first kappa shape index (κ1) is 21.3. The molecule has 0 unspecified atom stereocenters. The summed E-state index contributed by atoms with van der Waals surface area (Å²) in [6.45, 7) is 7.27. The fourth-order valence-corrected chi connectivity index (χ4v) is 4.86. The highest BCUT2D eigenvalue weighted by Gasteiger charge is 2.27. The number of ether oxygens (including phenoxy) is 1. The van der Waals surface area contributed by atoms with Crippen molar-refractivity contribution in [1.82, 2.24) is 4.31 Å². The number of carbonyl (C=O) groups excluding carboxylic acids is 1. The zero-order valence-corrected chi connectivity index (χ0v) is 18.0. The van der Waals surface area contributed by atoms with Gasteiger partial charge < -0.3 is 10.1 Å². The van der Waals surface area contributed by atoms with Crippen LogP contribution >= 0.6 is 0 Å². The molecule has 6 nitrogen and oxygen atoms in total. The number of anilines is 1. The third-order valence-electron chi connectivity index (χ3n) is 4.89. The molecule has 156 valence electrons. The molecule has 0 spiro atoms. The van der Waals surface area contributed by atoms with E-state index in [2.05, 4.69) is 26.1 Å². The Balaban J connectivity index is 1.61. The summed E-state index contributed by atoms with van der Waals surface area (Å²) in [6.07, 6.45) is 1.79. The van der Waals surface area contributed by atoms with E-state index < -0.39 is 10.0 Å². The van der Waals surface area contributed by atoms with E-state index in [1.165, 1.54) is 16.4 Å². The second-order valence-corrected chi connectivity index (χ2v) is 10.2. The molecular formula is C22H28N2O4S. The quantitative estimate of drug-likeness (QED) is 0.777. The van der Waals surface area contributed by atoms with Gasteiger partial charge in [0.05, 0.1) is 4.90 Å². The lowest BCUT2D eigenvalue weighted by molar-refractivity contribution is -0.118. The second kappa shape index (κ2) is 8.55. The van der Waals surface area contributed by atoms with Crippen LogP contribution in [0.25, 0.3) is 0 Å². The van der Waals surface area contributed by atoms with Crippen LogP contribution in [0, 0.1) is 0 Å². The van der Waals surface area contributed by atoms with E-state index in [4.69, 9.17) is 4.74 Å². The Morgan fingerprint density at radius 1 is 1.03 bits per heavy atom. The van der Waals surface area contributed by atoms with Gasteiger partial charge in [-0.1, -0.05) is 39.0 Å². The van der Waals surface area contributed by atoms with Crippen LogP contribution in [-0.4, -0.2) is 38.3 Å². The maximum absolute atomic E-state index is 12.6. The fourth-order valence-electron chi connectivity index (χ4n) is 3.34. The van der Waals surface area contributed by atoms with Crippen molar-refractivity contribution < 1.29 is 17.9 Å². The molecule has 0 saturated carbocycles. The number of sulfonamides is 1. The summed E-state index contributed by atoms with van der Waals surface area (Å²) in [4.78, 5) is 12.5. The first-order valence-electron chi connectivity index (χ1n) is 9.80. The molecule has 1 aliphatic heterocycles. The minimum absolute atomic E-state index is 0.0935. The van der Waals surface area contributed by atoms with Gasteiger partial charge in [-0.2, -0.15) is 4.31 Å². The zero-order valence-electron chi connectivity index (χ0n) is 17.1. The van der Waals surface area contributed by atoms with Gasteiger partial charge in [0, 0.05) is 18.8 Å². The van der Waals surface area contributed by atoms with Crippen molar-refractivity contribution in [3.05, 3.63) is 54.1 Å². The highest BCUT2D eigenvalue weighted by molar-refractivity contribution is 7.89. The molecule has 7 heteroatoms. The van der Waals surface area contributed by atoms with Gasteiger partial charge in [-0.15, -0.1) is 0 Å². The number of hydrogen-bond donors (Lipinski definition) is 1. The Hall–Kier alpha value is -2.38. The Bertz CT molecular complexity index is 957. The normalized spacial score (nSPS) is 15.3. The molecule has 0 radical (unpaired) electrons. The van der Waals surface area contributed by atoms with Gasteiger partial charge in [0.15, 0.2) is 6.61 Å². The fraction of sp³-hybridized carbons (Fsp3) is 0.409. The molecule has 2 aromatic rings. The number of benzene rings is 2. The predicted octanol–water partition coefficient (Wildman–Crippen LogP) is 3.79. The number of amides is 1. The summed E-state index contributed by atoms with van der Waals surface area (Å²) in [7, 11) is -3.45. The van der Waals surface area contributed by atoms with Crippen molar-refractivity contribution >= 4 is 21.6 Å². The van der Waals surface area contributed by atoms with Crippen LogP contribution in [0.5, 0.6) is 5.75 Å².